The minimum Gasteiger partial charge on any atom is -0.335 e. The van der Waals surface area contributed by atoms with Gasteiger partial charge in [0, 0.05) is 15.9 Å². The van der Waals surface area contributed by atoms with Crippen LogP contribution in [0.3, 0.4) is 0 Å². The van der Waals surface area contributed by atoms with E-state index in [1.54, 1.807) is 11.8 Å². The fourth-order valence-electron chi connectivity index (χ4n) is 1.11. The van der Waals surface area contributed by atoms with Crippen LogP contribution in [0.15, 0.2) is 27.7 Å². The van der Waals surface area contributed by atoms with Crippen LogP contribution < -0.4 is 5.32 Å². The molecule has 0 radical (unpaired) electrons. The minimum absolute atomic E-state index is 0.707. The average Bonchev–Trinajstić information content (AvgIpc) is 2.64. The van der Waals surface area contributed by atoms with Gasteiger partial charge in [-0.1, -0.05) is 23.4 Å². The molecule has 0 saturated heterocycles. The number of halogens is 2. The summed E-state index contributed by atoms with van der Waals surface area (Å²) in [5.74, 6) is 1.06. The molecule has 0 fully saturated rings. The lowest BCUT2D eigenvalue weighted by molar-refractivity contribution is 1.17. The van der Waals surface area contributed by atoms with E-state index in [0.717, 1.165) is 27.6 Å². The van der Waals surface area contributed by atoms with Crippen molar-refractivity contribution in [3.8, 4) is 0 Å². The minimum atomic E-state index is 0.707. The maximum atomic E-state index is 5.97. The number of nitrogens with one attached hydrogen (secondary N) is 1. The largest absolute Gasteiger partial charge is 0.335 e. The molecular weight excluding hydrogens is 284 g/mol. The van der Waals surface area contributed by atoms with Gasteiger partial charge in [-0.15, -0.1) is 0 Å². The number of hydrogen-bond donors (Lipinski definition) is 1. The molecular formula is C9H8BrClN2S. The van der Waals surface area contributed by atoms with Crippen molar-refractivity contribution in [1.29, 1.82) is 0 Å². The molecule has 0 unspecified atom stereocenters. The van der Waals surface area contributed by atoms with Crippen LogP contribution in [-0.2, 0) is 0 Å². The summed E-state index contributed by atoms with van der Waals surface area (Å²) in [6.45, 7) is 0.900. The summed E-state index contributed by atoms with van der Waals surface area (Å²) >= 11 is 11.0. The molecule has 1 aliphatic heterocycles. The van der Waals surface area contributed by atoms with E-state index in [1.807, 2.05) is 18.2 Å². The highest BCUT2D eigenvalue weighted by molar-refractivity contribution is 9.10. The number of amidine groups is 1. The summed E-state index contributed by atoms with van der Waals surface area (Å²) in [7, 11) is 0. The van der Waals surface area contributed by atoms with Gasteiger partial charge in [0.2, 0.25) is 0 Å². The smallest absolute Gasteiger partial charge is 0.161 e. The molecule has 2 rings (SSSR count). The van der Waals surface area contributed by atoms with Crippen molar-refractivity contribution >= 4 is 50.1 Å². The molecule has 1 aromatic rings. The summed E-state index contributed by atoms with van der Waals surface area (Å²) in [6.07, 6.45) is 0. The molecule has 0 bridgehead atoms. The van der Waals surface area contributed by atoms with Crippen LogP contribution in [0.2, 0.25) is 5.02 Å². The molecule has 0 spiro atoms. The Bertz CT molecular complexity index is 381. The van der Waals surface area contributed by atoms with Crippen molar-refractivity contribution in [2.45, 2.75) is 0 Å². The first kappa shape index (κ1) is 10.3. The first-order valence-corrected chi connectivity index (χ1v) is 6.31. The van der Waals surface area contributed by atoms with Crippen LogP contribution in [0.5, 0.6) is 0 Å². The Morgan fingerprint density at radius 1 is 1.50 bits per heavy atom. The quantitative estimate of drug-likeness (QED) is 0.854. The van der Waals surface area contributed by atoms with Crippen LogP contribution >= 0.6 is 39.3 Å². The Kier molecular flexibility index (Phi) is 3.36. The first-order chi connectivity index (χ1) is 6.75. The molecule has 0 saturated carbocycles. The van der Waals surface area contributed by atoms with Gasteiger partial charge in [-0.3, -0.25) is 4.99 Å². The molecule has 0 aliphatic carbocycles. The zero-order chi connectivity index (χ0) is 9.97. The number of anilines is 1. The number of rotatable bonds is 1. The van der Waals surface area contributed by atoms with Crippen LogP contribution in [0.4, 0.5) is 5.69 Å². The summed E-state index contributed by atoms with van der Waals surface area (Å²) in [4.78, 5) is 4.30. The SMILES string of the molecule is Clc1cc(NC2=NCCS2)ccc1Br. The maximum absolute atomic E-state index is 5.97. The fraction of sp³-hybridized carbons (Fsp3) is 0.222. The highest BCUT2D eigenvalue weighted by Gasteiger charge is 2.07. The summed E-state index contributed by atoms with van der Waals surface area (Å²) < 4.78 is 0.908. The number of hydrogen-bond acceptors (Lipinski definition) is 3. The second-order valence-corrected chi connectivity index (χ2v) is 5.13. The van der Waals surface area contributed by atoms with E-state index >= 15 is 0 Å². The highest BCUT2D eigenvalue weighted by Crippen LogP contribution is 2.26. The second kappa shape index (κ2) is 4.55. The third kappa shape index (κ3) is 2.43. The third-order valence-electron chi connectivity index (χ3n) is 1.76. The molecule has 5 heteroatoms. The van der Waals surface area contributed by atoms with Gasteiger partial charge in [-0.05, 0) is 34.1 Å². The van der Waals surface area contributed by atoms with Gasteiger partial charge in [-0.25, -0.2) is 0 Å². The van der Waals surface area contributed by atoms with Crippen molar-refractivity contribution in [3.05, 3.63) is 27.7 Å². The van der Waals surface area contributed by atoms with E-state index in [2.05, 4.69) is 26.2 Å². The molecule has 0 atom stereocenters. The first-order valence-electron chi connectivity index (χ1n) is 4.15. The molecule has 1 heterocycles. The van der Waals surface area contributed by atoms with Gasteiger partial charge in [0.25, 0.3) is 0 Å². The molecule has 14 heavy (non-hydrogen) atoms. The normalized spacial score (nSPS) is 15.4. The second-order valence-electron chi connectivity index (χ2n) is 2.79. The highest BCUT2D eigenvalue weighted by atomic mass is 79.9. The van der Waals surface area contributed by atoms with E-state index < -0.39 is 0 Å². The molecule has 0 amide bonds. The average molecular weight is 292 g/mol. The molecule has 0 aromatic heterocycles. The summed E-state index contributed by atoms with van der Waals surface area (Å²) in [5.41, 5.74) is 0.978. The maximum Gasteiger partial charge on any atom is 0.161 e. The Morgan fingerprint density at radius 3 is 3.00 bits per heavy atom. The molecule has 74 valence electrons. The van der Waals surface area contributed by atoms with E-state index in [4.69, 9.17) is 11.6 Å². The lowest BCUT2D eigenvalue weighted by Gasteiger charge is -2.05. The zero-order valence-electron chi connectivity index (χ0n) is 7.26. The van der Waals surface area contributed by atoms with E-state index in [1.165, 1.54) is 0 Å². The summed E-state index contributed by atoms with van der Waals surface area (Å²) in [5, 5.41) is 4.90. The fourth-order valence-corrected chi connectivity index (χ4v) is 2.28. The Balaban J connectivity index is 2.13. The predicted octanol–water partition coefficient (Wildman–Crippen LogP) is 3.62. The number of aliphatic imine (C=N–C) groups is 1. The van der Waals surface area contributed by atoms with E-state index in [9.17, 15) is 0 Å². The van der Waals surface area contributed by atoms with Crippen LogP contribution in [-0.4, -0.2) is 17.5 Å². The van der Waals surface area contributed by atoms with Crippen molar-refractivity contribution in [2.24, 2.45) is 4.99 Å². The molecule has 1 aromatic carbocycles. The lowest BCUT2D eigenvalue weighted by Crippen LogP contribution is -2.04. The Morgan fingerprint density at radius 2 is 2.36 bits per heavy atom. The lowest BCUT2D eigenvalue weighted by atomic mass is 10.3. The molecule has 2 nitrogen and oxygen atoms in total. The van der Waals surface area contributed by atoms with Gasteiger partial charge < -0.3 is 5.32 Å². The third-order valence-corrected chi connectivity index (χ3v) is 3.88. The van der Waals surface area contributed by atoms with Gasteiger partial charge in [0.15, 0.2) is 5.17 Å². The van der Waals surface area contributed by atoms with Crippen molar-refractivity contribution in [2.75, 3.05) is 17.6 Å². The van der Waals surface area contributed by atoms with Crippen LogP contribution in [0, 0.1) is 0 Å². The number of thioether (sulfide) groups is 1. The van der Waals surface area contributed by atoms with Crippen molar-refractivity contribution in [1.82, 2.24) is 0 Å². The number of nitrogens with zero attached hydrogens (tertiary/aromatic N) is 1. The predicted molar refractivity (Wildman–Crippen MR) is 67.5 cm³/mol. The van der Waals surface area contributed by atoms with Gasteiger partial charge >= 0.3 is 0 Å². The van der Waals surface area contributed by atoms with Crippen LogP contribution in [0.25, 0.3) is 0 Å². The van der Waals surface area contributed by atoms with E-state index in [-0.39, 0.29) is 0 Å². The standard InChI is InChI=1S/C9H8BrClN2S/c10-7-2-1-6(5-8(7)11)13-9-12-3-4-14-9/h1-2,5H,3-4H2,(H,12,13). The van der Waals surface area contributed by atoms with Gasteiger partial charge in [0.1, 0.15) is 0 Å². The number of benzene rings is 1. The molecule has 1 aliphatic rings. The zero-order valence-corrected chi connectivity index (χ0v) is 10.4. The molecule has 1 N–H and O–H groups in total. The van der Waals surface area contributed by atoms with Crippen LogP contribution in [0.1, 0.15) is 0 Å². The van der Waals surface area contributed by atoms with Crippen molar-refractivity contribution in [3.63, 3.8) is 0 Å². The van der Waals surface area contributed by atoms with E-state index in [0.29, 0.717) is 5.02 Å². The Labute approximate surface area is 100 Å². The van der Waals surface area contributed by atoms with Gasteiger partial charge in [-0.2, -0.15) is 0 Å². The van der Waals surface area contributed by atoms with Gasteiger partial charge in [0.05, 0.1) is 11.6 Å². The Hall–Kier alpha value is -0.190. The van der Waals surface area contributed by atoms with Crippen molar-refractivity contribution < 1.29 is 0 Å². The monoisotopic (exact) mass is 290 g/mol. The topological polar surface area (TPSA) is 24.4 Å². The summed E-state index contributed by atoms with van der Waals surface area (Å²) in [6, 6.07) is 5.77.